The van der Waals surface area contributed by atoms with Crippen molar-refractivity contribution >= 4 is 66.4 Å². The van der Waals surface area contributed by atoms with Gasteiger partial charge in [-0.1, -0.05) is 97.1 Å². The van der Waals surface area contributed by atoms with E-state index in [2.05, 4.69) is 131 Å². The fourth-order valence-electron chi connectivity index (χ4n) is 6.45. The van der Waals surface area contributed by atoms with Gasteiger partial charge in [0, 0.05) is 0 Å². The molecule has 0 atom stereocenters. The summed E-state index contributed by atoms with van der Waals surface area (Å²) in [7, 11) is -0.355. The van der Waals surface area contributed by atoms with Gasteiger partial charge in [0.05, 0.1) is 11.2 Å². The summed E-state index contributed by atoms with van der Waals surface area (Å²) in [6.07, 6.45) is 0. The van der Waals surface area contributed by atoms with Crippen LogP contribution < -0.4 is 5.46 Å². The zero-order valence-electron chi connectivity index (χ0n) is 22.7. The maximum Gasteiger partial charge on any atom is 0.494 e. The van der Waals surface area contributed by atoms with Crippen LogP contribution in [0.25, 0.3) is 65.0 Å². The van der Waals surface area contributed by atoms with Gasteiger partial charge in [-0.25, -0.2) is 0 Å². The van der Waals surface area contributed by atoms with Crippen molar-refractivity contribution in [2.75, 3.05) is 0 Å². The van der Waals surface area contributed by atoms with Crippen LogP contribution in [0, 0.1) is 0 Å². The first-order chi connectivity index (χ1) is 18.8. The Morgan fingerprint density at radius 3 is 1.77 bits per heavy atom. The molecule has 0 aliphatic carbocycles. The van der Waals surface area contributed by atoms with E-state index in [0.717, 1.165) is 5.46 Å². The maximum absolute atomic E-state index is 6.30. The van der Waals surface area contributed by atoms with Gasteiger partial charge >= 0.3 is 7.12 Å². The number of rotatable bonds is 2. The molecule has 1 aliphatic heterocycles. The molecule has 0 N–H and O–H groups in total. The first-order valence-corrected chi connectivity index (χ1v) is 13.8. The standard InChI is InChI=1S/C36H29BO2/c1-35(2)36(3,4)39-37(38-35)26-17-16-23-20-25(15-14-24(23)21-26)27-18-19-32-30-11-6-9-22-8-5-10-29(33(22)30)31-13-7-12-28(27)34(31)32/h5-21H,1-4H3. The van der Waals surface area contributed by atoms with Crippen molar-refractivity contribution in [3.05, 3.63) is 103 Å². The molecular weight excluding hydrogens is 475 g/mol. The van der Waals surface area contributed by atoms with E-state index in [1.54, 1.807) is 0 Å². The molecule has 39 heavy (non-hydrogen) atoms. The van der Waals surface area contributed by atoms with Crippen molar-refractivity contribution in [1.29, 1.82) is 0 Å². The molecule has 1 fully saturated rings. The van der Waals surface area contributed by atoms with E-state index in [4.69, 9.17) is 9.31 Å². The van der Waals surface area contributed by atoms with Gasteiger partial charge in [-0.15, -0.1) is 0 Å². The monoisotopic (exact) mass is 504 g/mol. The zero-order valence-corrected chi connectivity index (χ0v) is 22.7. The van der Waals surface area contributed by atoms with Crippen molar-refractivity contribution < 1.29 is 9.31 Å². The van der Waals surface area contributed by atoms with Gasteiger partial charge in [-0.05, 0) is 104 Å². The lowest BCUT2D eigenvalue weighted by atomic mass is 9.78. The normalized spacial score (nSPS) is 16.9. The summed E-state index contributed by atoms with van der Waals surface area (Å²) in [5.41, 5.74) is 2.85. The van der Waals surface area contributed by atoms with Crippen molar-refractivity contribution in [2.24, 2.45) is 0 Å². The number of benzene rings is 7. The highest BCUT2D eigenvalue weighted by atomic mass is 16.7. The third kappa shape index (κ3) is 3.24. The van der Waals surface area contributed by atoms with Crippen LogP contribution in [-0.4, -0.2) is 18.3 Å². The van der Waals surface area contributed by atoms with Crippen LogP contribution in [0.2, 0.25) is 0 Å². The second-order valence-corrected chi connectivity index (χ2v) is 12.0. The topological polar surface area (TPSA) is 18.5 Å². The molecule has 0 spiro atoms. The summed E-state index contributed by atoms with van der Waals surface area (Å²) in [5.74, 6) is 0. The Hall–Kier alpha value is -3.92. The van der Waals surface area contributed by atoms with Gasteiger partial charge in [0.15, 0.2) is 0 Å². The summed E-state index contributed by atoms with van der Waals surface area (Å²) in [6.45, 7) is 8.39. The third-order valence-electron chi connectivity index (χ3n) is 9.23. The van der Waals surface area contributed by atoms with E-state index >= 15 is 0 Å². The smallest absolute Gasteiger partial charge is 0.399 e. The lowest BCUT2D eigenvalue weighted by molar-refractivity contribution is 0.00578. The van der Waals surface area contributed by atoms with Crippen molar-refractivity contribution in [3.8, 4) is 11.1 Å². The van der Waals surface area contributed by atoms with E-state index in [9.17, 15) is 0 Å². The van der Waals surface area contributed by atoms with E-state index < -0.39 is 0 Å². The first kappa shape index (κ1) is 23.0. The molecule has 0 bridgehead atoms. The predicted molar refractivity (Wildman–Crippen MR) is 166 cm³/mol. The van der Waals surface area contributed by atoms with Crippen LogP contribution in [0.5, 0.6) is 0 Å². The van der Waals surface area contributed by atoms with Crippen LogP contribution in [0.15, 0.2) is 103 Å². The van der Waals surface area contributed by atoms with Crippen LogP contribution in [-0.2, 0) is 9.31 Å². The lowest BCUT2D eigenvalue weighted by Gasteiger charge is -2.32. The van der Waals surface area contributed by atoms with Crippen LogP contribution in [0.3, 0.4) is 0 Å². The quantitative estimate of drug-likeness (QED) is 0.133. The second-order valence-electron chi connectivity index (χ2n) is 12.0. The Kier molecular flexibility index (Phi) is 4.61. The molecule has 7 aromatic rings. The average molecular weight is 504 g/mol. The third-order valence-corrected chi connectivity index (χ3v) is 9.23. The first-order valence-electron chi connectivity index (χ1n) is 13.8. The van der Waals surface area contributed by atoms with Crippen LogP contribution >= 0.6 is 0 Å². The Labute approximate surface area is 228 Å². The summed E-state index contributed by atoms with van der Waals surface area (Å²) >= 11 is 0. The van der Waals surface area contributed by atoms with Crippen molar-refractivity contribution in [2.45, 2.75) is 38.9 Å². The Balaban J connectivity index is 1.28. The van der Waals surface area contributed by atoms with E-state index in [1.165, 1.54) is 65.0 Å². The second kappa shape index (κ2) is 7.82. The number of fused-ring (bicyclic) bond motifs is 3. The summed E-state index contributed by atoms with van der Waals surface area (Å²) in [4.78, 5) is 0. The summed E-state index contributed by atoms with van der Waals surface area (Å²) < 4.78 is 12.6. The molecule has 3 heteroatoms. The Morgan fingerprint density at radius 1 is 0.487 bits per heavy atom. The molecule has 1 heterocycles. The van der Waals surface area contributed by atoms with Crippen LogP contribution in [0.4, 0.5) is 0 Å². The molecule has 1 aliphatic rings. The largest absolute Gasteiger partial charge is 0.494 e. The van der Waals surface area contributed by atoms with Gasteiger partial charge in [-0.2, -0.15) is 0 Å². The van der Waals surface area contributed by atoms with E-state index in [-0.39, 0.29) is 18.3 Å². The molecule has 0 radical (unpaired) electrons. The fourth-order valence-corrected chi connectivity index (χ4v) is 6.45. The number of hydrogen-bond acceptors (Lipinski definition) is 2. The highest BCUT2D eigenvalue weighted by molar-refractivity contribution is 6.62. The Bertz CT molecular complexity index is 2020. The van der Waals surface area contributed by atoms with Gasteiger partial charge < -0.3 is 9.31 Å². The minimum Gasteiger partial charge on any atom is -0.399 e. The van der Waals surface area contributed by atoms with Gasteiger partial charge in [0.25, 0.3) is 0 Å². The highest BCUT2D eigenvalue weighted by Crippen LogP contribution is 2.43. The SMILES string of the molecule is CC1(C)OB(c2ccc3cc(-c4ccc5c6cccc7cccc(c8cccc4c85)c76)ccc3c2)OC1(C)C. The van der Waals surface area contributed by atoms with Gasteiger partial charge in [0.1, 0.15) is 0 Å². The van der Waals surface area contributed by atoms with E-state index in [1.807, 2.05) is 0 Å². The molecule has 2 nitrogen and oxygen atoms in total. The molecule has 0 unspecified atom stereocenters. The molecule has 7 aromatic carbocycles. The van der Waals surface area contributed by atoms with Crippen molar-refractivity contribution in [3.63, 3.8) is 0 Å². The van der Waals surface area contributed by atoms with Crippen LogP contribution in [0.1, 0.15) is 27.7 Å². The molecule has 1 saturated heterocycles. The molecular formula is C36H29BO2. The zero-order chi connectivity index (χ0) is 26.5. The molecule has 0 saturated carbocycles. The molecule has 8 rings (SSSR count). The highest BCUT2D eigenvalue weighted by Gasteiger charge is 2.51. The van der Waals surface area contributed by atoms with Gasteiger partial charge in [-0.3, -0.25) is 0 Å². The minimum atomic E-state index is -0.355. The number of hydrogen-bond donors (Lipinski definition) is 0. The predicted octanol–water partition coefficient (Wildman–Crippen LogP) is 8.86. The van der Waals surface area contributed by atoms with E-state index in [0.29, 0.717) is 0 Å². The summed E-state index contributed by atoms with van der Waals surface area (Å²) in [5, 5.41) is 13.0. The van der Waals surface area contributed by atoms with Crippen molar-refractivity contribution in [1.82, 2.24) is 0 Å². The fraction of sp³-hybridized carbons (Fsp3) is 0.167. The Morgan fingerprint density at radius 2 is 1.05 bits per heavy atom. The average Bonchev–Trinajstić information content (AvgIpc) is 3.17. The maximum atomic E-state index is 6.30. The molecule has 188 valence electrons. The van der Waals surface area contributed by atoms with Gasteiger partial charge in [0.2, 0.25) is 0 Å². The minimum absolute atomic E-state index is 0.350. The molecule has 0 amide bonds. The summed E-state index contributed by atoms with van der Waals surface area (Å²) in [6, 6.07) is 38.0. The molecule has 0 aromatic heterocycles. The lowest BCUT2D eigenvalue weighted by Crippen LogP contribution is -2.41.